The minimum Gasteiger partial charge on any atom is -0.480 e. The van der Waals surface area contributed by atoms with Crippen LogP contribution >= 0.6 is 15.9 Å². The third-order valence-electron chi connectivity index (χ3n) is 1.56. The fourth-order valence-electron chi connectivity index (χ4n) is 0.918. The van der Waals surface area contributed by atoms with E-state index in [9.17, 15) is 4.79 Å². The van der Waals surface area contributed by atoms with E-state index in [1.165, 1.54) is 13.2 Å². The fourth-order valence-corrected chi connectivity index (χ4v) is 1.40. The van der Waals surface area contributed by atoms with E-state index in [0.717, 1.165) is 0 Å². The average molecular weight is 246 g/mol. The minimum absolute atomic E-state index is 0.174. The van der Waals surface area contributed by atoms with Gasteiger partial charge in [-0.1, -0.05) is 0 Å². The predicted octanol–water partition coefficient (Wildman–Crippen LogP) is 1.86. The van der Waals surface area contributed by atoms with Gasteiger partial charge in [-0.3, -0.25) is 0 Å². The van der Waals surface area contributed by atoms with Gasteiger partial charge in [-0.05, 0) is 28.9 Å². The molecule has 1 rings (SSSR count). The van der Waals surface area contributed by atoms with Crippen molar-refractivity contribution in [1.82, 2.24) is 4.98 Å². The van der Waals surface area contributed by atoms with Gasteiger partial charge in [0.2, 0.25) is 5.88 Å². The van der Waals surface area contributed by atoms with Gasteiger partial charge in [0.15, 0.2) is 0 Å². The van der Waals surface area contributed by atoms with Gasteiger partial charge >= 0.3 is 5.97 Å². The summed E-state index contributed by atoms with van der Waals surface area (Å²) in [5.41, 5.74) is 0.611. The molecule has 70 valence electrons. The number of rotatable bonds is 2. The molecule has 0 saturated heterocycles. The Morgan fingerprint density at radius 1 is 1.69 bits per heavy atom. The van der Waals surface area contributed by atoms with Gasteiger partial charge < -0.3 is 9.84 Å². The first-order valence-corrected chi connectivity index (χ1v) is 4.30. The molecule has 5 heteroatoms. The number of carbonyl (C=O) groups is 1. The molecular weight excluding hydrogens is 238 g/mol. The number of pyridine rings is 1. The predicted molar refractivity (Wildman–Crippen MR) is 50.2 cm³/mol. The van der Waals surface area contributed by atoms with E-state index in [1.807, 2.05) is 0 Å². The summed E-state index contributed by atoms with van der Waals surface area (Å²) >= 11 is 3.16. The molecule has 0 bridgehead atoms. The van der Waals surface area contributed by atoms with Gasteiger partial charge in [0.05, 0.1) is 22.8 Å². The maximum Gasteiger partial charge on any atom is 0.337 e. The second kappa shape index (κ2) is 3.74. The Bertz CT molecular complexity index is 351. The van der Waals surface area contributed by atoms with E-state index in [1.54, 1.807) is 6.92 Å². The number of aromatic nitrogens is 1. The molecule has 0 aromatic carbocycles. The highest BCUT2D eigenvalue weighted by Crippen LogP contribution is 2.24. The van der Waals surface area contributed by atoms with Gasteiger partial charge in [0.1, 0.15) is 0 Å². The molecule has 1 heterocycles. The number of aromatic carboxylic acids is 1. The number of methoxy groups -OCH3 is 1. The summed E-state index contributed by atoms with van der Waals surface area (Å²) < 4.78 is 5.45. The first kappa shape index (κ1) is 9.98. The Hall–Kier alpha value is -1.10. The van der Waals surface area contributed by atoms with Crippen LogP contribution in [0.5, 0.6) is 5.88 Å². The van der Waals surface area contributed by atoms with E-state index in [-0.39, 0.29) is 5.56 Å². The van der Waals surface area contributed by atoms with E-state index in [0.29, 0.717) is 16.0 Å². The van der Waals surface area contributed by atoms with Crippen molar-refractivity contribution in [3.63, 3.8) is 0 Å². The van der Waals surface area contributed by atoms with Gasteiger partial charge in [-0.15, -0.1) is 0 Å². The lowest BCUT2D eigenvalue weighted by atomic mass is 10.2. The topological polar surface area (TPSA) is 59.4 Å². The molecule has 0 radical (unpaired) electrons. The number of carboxylic acids is 1. The summed E-state index contributed by atoms with van der Waals surface area (Å²) in [6.45, 7) is 1.62. The number of hydrogen-bond donors (Lipinski definition) is 1. The molecular formula is C8H8BrNO3. The van der Waals surface area contributed by atoms with Crippen LogP contribution in [-0.2, 0) is 0 Å². The Morgan fingerprint density at radius 3 is 2.77 bits per heavy atom. The molecule has 1 aromatic rings. The van der Waals surface area contributed by atoms with Crippen molar-refractivity contribution in [2.75, 3.05) is 7.11 Å². The Balaban J connectivity index is 3.28. The Kier molecular flexibility index (Phi) is 2.87. The molecule has 1 aromatic heterocycles. The van der Waals surface area contributed by atoms with Crippen LogP contribution in [0.15, 0.2) is 10.5 Å². The van der Waals surface area contributed by atoms with E-state index in [4.69, 9.17) is 9.84 Å². The van der Waals surface area contributed by atoms with E-state index < -0.39 is 5.97 Å². The highest BCUT2D eigenvalue weighted by atomic mass is 79.9. The molecule has 0 unspecified atom stereocenters. The number of halogens is 1. The largest absolute Gasteiger partial charge is 0.480 e. The average Bonchev–Trinajstić information content (AvgIpc) is 2.07. The number of hydrogen-bond acceptors (Lipinski definition) is 3. The molecule has 0 amide bonds. The molecule has 0 atom stereocenters. The van der Waals surface area contributed by atoms with Crippen molar-refractivity contribution in [2.45, 2.75) is 6.92 Å². The molecule has 0 aliphatic rings. The lowest BCUT2D eigenvalue weighted by Crippen LogP contribution is -2.03. The van der Waals surface area contributed by atoms with Crippen LogP contribution in [-0.4, -0.2) is 23.2 Å². The lowest BCUT2D eigenvalue weighted by Gasteiger charge is -2.05. The molecule has 0 spiro atoms. The molecule has 0 fully saturated rings. The summed E-state index contributed by atoms with van der Waals surface area (Å²) in [5, 5.41) is 8.75. The van der Waals surface area contributed by atoms with Crippen LogP contribution in [0.1, 0.15) is 16.1 Å². The molecule has 1 N–H and O–H groups in total. The number of carboxylic acid groups (broad SMARTS) is 1. The first-order chi connectivity index (χ1) is 6.06. The van der Waals surface area contributed by atoms with Crippen molar-refractivity contribution in [1.29, 1.82) is 0 Å². The van der Waals surface area contributed by atoms with Crippen molar-refractivity contribution in [3.8, 4) is 5.88 Å². The second-order valence-electron chi connectivity index (χ2n) is 2.42. The summed E-state index contributed by atoms with van der Waals surface area (Å²) in [7, 11) is 1.48. The first-order valence-electron chi connectivity index (χ1n) is 3.50. The third-order valence-corrected chi connectivity index (χ3v) is 2.13. The Labute approximate surface area is 83.7 Å². The molecule has 0 aliphatic heterocycles. The zero-order valence-electron chi connectivity index (χ0n) is 7.17. The van der Waals surface area contributed by atoms with Crippen LogP contribution in [0.3, 0.4) is 0 Å². The van der Waals surface area contributed by atoms with Crippen LogP contribution in [0.25, 0.3) is 0 Å². The minimum atomic E-state index is -0.992. The monoisotopic (exact) mass is 245 g/mol. The highest BCUT2D eigenvalue weighted by molar-refractivity contribution is 9.10. The van der Waals surface area contributed by atoms with E-state index >= 15 is 0 Å². The zero-order valence-corrected chi connectivity index (χ0v) is 8.75. The van der Waals surface area contributed by atoms with Gasteiger partial charge in [0.25, 0.3) is 0 Å². The summed E-state index contributed by atoms with van der Waals surface area (Å²) in [6.07, 6.45) is 0. The van der Waals surface area contributed by atoms with Crippen LogP contribution in [0, 0.1) is 6.92 Å². The number of nitrogens with zero attached hydrogens (tertiary/aromatic N) is 1. The van der Waals surface area contributed by atoms with Crippen LogP contribution in [0.4, 0.5) is 0 Å². The molecule has 4 nitrogen and oxygen atoms in total. The maximum atomic E-state index is 10.7. The normalized spacial score (nSPS) is 9.77. The van der Waals surface area contributed by atoms with Crippen molar-refractivity contribution < 1.29 is 14.6 Å². The SMILES string of the molecule is COc1nc(C)c(C(=O)O)cc1Br. The van der Waals surface area contributed by atoms with Crippen molar-refractivity contribution in [3.05, 3.63) is 21.8 Å². The van der Waals surface area contributed by atoms with Crippen molar-refractivity contribution in [2.24, 2.45) is 0 Å². The molecule has 13 heavy (non-hydrogen) atoms. The van der Waals surface area contributed by atoms with E-state index in [2.05, 4.69) is 20.9 Å². The summed E-state index contributed by atoms with van der Waals surface area (Å²) in [5.74, 6) is -0.601. The fraction of sp³-hybridized carbons (Fsp3) is 0.250. The molecule has 0 saturated carbocycles. The van der Waals surface area contributed by atoms with Crippen molar-refractivity contribution >= 4 is 21.9 Å². The zero-order chi connectivity index (χ0) is 10.0. The van der Waals surface area contributed by atoms with Gasteiger partial charge in [-0.2, -0.15) is 0 Å². The Morgan fingerprint density at radius 2 is 2.31 bits per heavy atom. The molecule has 0 aliphatic carbocycles. The van der Waals surface area contributed by atoms with Crippen LogP contribution < -0.4 is 4.74 Å². The highest BCUT2D eigenvalue weighted by Gasteiger charge is 2.12. The van der Waals surface area contributed by atoms with Gasteiger partial charge in [-0.25, -0.2) is 9.78 Å². The summed E-state index contributed by atoms with van der Waals surface area (Å²) in [6, 6.07) is 1.48. The second-order valence-corrected chi connectivity index (χ2v) is 3.27. The number of ether oxygens (including phenoxy) is 1. The summed E-state index contributed by atoms with van der Waals surface area (Å²) in [4.78, 5) is 14.6. The third kappa shape index (κ3) is 1.98. The maximum absolute atomic E-state index is 10.7. The quantitative estimate of drug-likeness (QED) is 0.865. The smallest absolute Gasteiger partial charge is 0.337 e. The number of aryl methyl sites for hydroxylation is 1. The van der Waals surface area contributed by atoms with Crippen LogP contribution in [0.2, 0.25) is 0 Å². The lowest BCUT2D eigenvalue weighted by molar-refractivity contribution is 0.0695. The standard InChI is InChI=1S/C8H8BrNO3/c1-4-5(8(11)12)3-6(9)7(10-4)13-2/h3H,1-2H3,(H,11,12). The van der Waals surface area contributed by atoms with Gasteiger partial charge in [0, 0.05) is 0 Å².